The van der Waals surface area contributed by atoms with E-state index in [2.05, 4.69) is 26.2 Å². The first-order chi connectivity index (χ1) is 9.60. The summed E-state index contributed by atoms with van der Waals surface area (Å²) in [6.07, 6.45) is 0. The highest BCUT2D eigenvalue weighted by Gasteiger charge is 2.11. The molecule has 0 atom stereocenters. The number of carbonyl (C=O) groups excluding carboxylic acids is 1. The third-order valence-corrected chi connectivity index (χ3v) is 4.19. The normalized spacial score (nSPS) is 10.5. The molecule has 0 aliphatic heterocycles. The largest absolute Gasteiger partial charge is 0.383 e. The van der Waals surface area contributed by atoms with Crippen molar-refractivity contribution < 1.29 is 9.53 Å². The lowest BCUT2D eigenvalue weighted by Gasteiger charge is -2.07. The molecule has 20 heavy (non-hydrogen) atoms. The zero-order chi connectivity index (χ0) is 14.5. The van der Waals surface area contributed by atoms with Crippen LogP contribution in [0.2, 0.25) is 0 Å². The number of nitrogen functional groups attached to an aromatic ring is 1. The number of aromatic nitrogens is 1. The Morgan fingerprint density at radius 2 is 2.25 bits per heavy atom. The van der Waals surface area contributed by atoms with Gasteiger partial charge in [0, 0.05) is 12.0 Å². The highest BCUT2D eigenvalue weighted by atomic mass is 79.9. The Morgan fingerprint density at radius 3 is 2.85 bits per heavy atom. The molecule has 3 N–H and O–H groups in total. The van der Waals surface area contributed by atoms with Gasteiger partial charge < -0.3 is 15.8 Å². The lowest BCUT2D eigenvalue weighted by atomic mass is 10.2. The fraction of sp³-hybridized carbons (Fsp3) is 0.231. The predicted molar refractivity (Wildman–Crippen MR) is 82.6 cm³/mol. The molecule has 2 heterocycles. The number of pyridine rings is 1. The van der Waals surface area contributed by atoms with Crippen LogP contribution in [-0.4, -0.2) is 18.0 Å². The van der Waals surface area contributed by atoms with Gasteiger partial charge in [-0.05, 0) is 40.2 Å². The zero-order valence-electron chi connectivity index (χ0n) is 10.9. The number of hydrogen-bond donors (Lipinski definition) is 2. The molecule has 7 heteroatoms. The van der Waals surface area contributed by atoms with Gasteiger partial charge in [0.25, 0.3) is 5.91 Å². The molecule has 2 aromatic rings. The number of hydrogen-bond acceptors (Lipinski definition) is 5. The van der Waals surface area contributed by atoms with Gasteiger partial charge in [-0.2, -0.15) is 0 Å². The molecular formula is C13H14BrN3O2S. The highest BCUT2D eigenvalue weighted by Crippen LogP contribution is 2.22. The van der Waals surface area contributed by atoms with Gasteiger partial charge >= 0.3 is 0 Å². The summed E-state index contributed by atoms with van der Waals surface area (Å²) in [6.45, 7) is 0.837. The number of rotatable bonds is 5. The molecule has 0 radical (unpaired) electrons. The van der Waals surface area contributed by atoms with E-state index in [1.165, 1.54) is 0 Å². The predicted octanol–water partition coefficient (Wildman–Crippen LogP) is 2.56. The molecule has 0 saturated carbocycles. The molecular weight excluding hydrogens is 342 g/mol. The third-order valence-electron chi connectivity index (χ3n) is 2.57. The topological polar surface area (TPSA) is 77.2 Å². The van der Waals surface area contributed by atoms with Crippen molar-refractivity contribution in [2.75, 3.05) is 12.8 Å². The SMILES string of the molecule is COCc1ccc(C(=O)NCc2ccc(Br)s2)c(N)n1. The van der Waals surface area contributed by atoms with Crippen molar-refractivity contribution >= 4 is 39.0 Å². The minimum atomic E-state index is -0.233. The van der Waals surface area contributed by atoms with Crippen LogP contribution in [0, 0.1) is 0 Å². The van der Waals surface area contributed by atoms with Crippen LogP contribution in [-0.2, 0) is 17.9 Å². The van der Waals surface area contributed by atoms with Crippen molar-refractivity contribution in [3.05, 3.63) is 44.2 Å². The number of amides is 1. The van der Waals surface area contributed by atoms with Gasteiger partial charge in [-0.15, -0.1) is 11.3 Å². The summed E-state index contributed by atoms with van der Waals surface area (Å²) in [5, 5.41) is 2.82. The van der Waals surface area contributed by atoms with Gasteiger partial charge in [0.15, 0.2) is 0 Å². The fourth-order valence-electron chi connectivity index (χ4n) is 1.65. The van der Waals surface area contributed by atoms with Crippen LogP contribution in [0.5, 0.6) is 0 Å². The summed E-state index contributed by atoms with van der Waals surface area (Å²) >= 11 is 4.96. The molecule has 0 fully saturated rings. The number of methoxy groups -OCH3 is 1. The third kappa shape index (κ3) is 3.78. The first-order valence-corrected chi connectivity index (χ1v) is 7.48. The Kier molecular flexibility index (Phi) is 5.11. The maximum atomic E-state index is 12.0. The monoisotopic (exact) mass is 355 g/mol. The van der Waals surface area contributed by atoms with Crippen LogP contribution in [0.3, 0.4) is 0 Å². The van der Waals surface area contributed by atoms with Crippen LogP contribution in [0.4, 0.5) is 5.82 Å². The number of carbonyl (C=O) groups is 1. The minimum Gasteiger partial charge on any atom is -0.383 e. The maximum Gasteiger partial charge on any atom is 0.255 e. The number of nitrogens with zero attached hydrogens (tertiary/aromatic N) is 1. The molecule has 0 aliphatic rings. The number of thiophene rings is 1. The lowest BCUT2D eigenvalue weighted by Crippen LogP contribution is -2.24. The van der Waals surface area contributed by atoms with E-state index in [0.717, 1.165) is 8.66 Å². The lowest BCUT2D eigenvalue weighted by molar-refractivity contribution is 0.0951. The molecule has 0 bridgehead atoms. The second kappa shape index (κ2) is 6.83. The quantitative estimate of drug-likeness (QED) is 0.863. The van der Waals surface area contributed by atoms with Crippen molar-refractivity contribution in [2.45, 2.75) is 13.2 Å². The van der Waals surface area contributed by atoms with E-state index in [1.807, 2.05) is 12.1 Å². The maximum absolute atomic E-state index is 12.0. The van der Waals surface area contributed by atoms with Crippen molar-refractivity contribution in [3.8, 4) is 0 Å². The highest BCUT2D eigenvalue weighted by molar-refractivity contribution is 9.11. The first kappa shape index (κ1) is 15.0. The van der Waals surface area contributed by atoms with Gasteiger partial charge in [0.1, 0.15) is 5.82 Å². The van der Waals surface area contributed by atoms with Gasteiger partial charge in [-0.25, -0.2) is 4.98 Å². The zero-order valence-corrected chi connectivity index (χ0v) is 13.3. The van der Waals surface area contributed by atoms with Crippen LogP contribution in [0.1, 0.15) is 20.9 Å². The summed E-state index contributed by atoms with van der Waals surface area (Å²) < 4.78 is 6.00. The fourth-order valence-corrected chi connectivity index (χ4v) is 3.07. The average Bonchev–Trinajstić information content (AvgIpc) is 2.82. The number of halogens is 1. The Balaban J connectivity index is 2.01. The van der Waals surface area contributed by atoms with E-state index in [1.54, 1.807) is 30.6 Å². The van der Waals surface area contributed by atoms with Gasteiger partial charge in [-0.1, -0.05) is 0 Å². The summed E-state index contributed by atoms with van der Waals surface area (Å²) in [5.41, 5.74) is 6.87. The average molecular weight is 356 g/mol. The summed E-state index contributed by atoms with van der Waals surface area (Å²) in [6, 6.07) is 7.30. The summed E-state index contributed by atoms with van der Waals surface area (Å²) in [5.74, 6) is -0.0205. The van der Waals surface area contributed by atoms with E-state index >= 15 is 0 Å². The van der Waals surface area contributed by atoms with Gasteiger partial charge in [0.05, 0.1) is 28.2 Å². The first-order valence-electron chi connectivity index (χ1n) is 5.87. The van der Waals surface area contributed by atoms with E-state index < -0.39 is 0 Å². The van der Waals surface area contributed by atoms with Crippen molar-refractivity contribution in [3.63, 3.8) is 0 Å². The standard InChI is InChI=1S/C13H14BrN3O2S/c1-19-7-8-2-4-10(12(15)17-8)13(18)16-6-9-3-5-11(14)20-9/h2-5H,6-7H2,1H3,(H2,15,17)(H,16,18). The number of anilines is 1. The van der Waals surface area contributed by atoms with Crippen molar-refractivity contribution in [2.24, 2.45) is 0 Å². The molecule has 0 aliphatic carbocycles. The van der Waals surface area contributed by atoms with Crippen LogP contribution < -0.4 is 11.1 Å². The Labute approximate surface area is 129 Å². The second-order valence-electron chi connectivity index (χ2n) is 4.06. The molecule has 2 rings (SSSR count). The van der Waals surface area contributed by atoms with Crippen LogP contribution in [0.25, 0.3) is 0 Å². The van der Waals surface area contributed by atoms with Gasteiger partial charge in [0.2, 0.25) is 0 Å². The summed E-state index contributed by atoms with van der Waals surface area (Å²) in [4.78, 5) is 17.2. The number of nitrogens with two attached hydrogens (primary N) is 1. The molecule has 0 aromatic carbocycles. The molecule has 0 saturated heterocycles. The van der Waals surface area contributed by atoms with Crippen LogP contribution >= 0.6 is 27.3 Å². The Hall–Kier alpha value is -1.44. The molecule has 1 amide bonds. The molecule has 5 nitrogen and oxygen atoms in total. The van der Waals surface area contributed by atoms with E-state index in [4.69, 9.17) is 10.5 Å². The molecule has 0 unspecified atom stereocenters. The molecule has 0 spiro atoms. The van der Waals surface area contributed by atoms with Crippen LogP contribution in [0.15, 0.2) is 28.1 Å². The van der Waals surface area contributed by atoms with Crippen molar-refractivity contribution in [1.82, 2.24) is 10.3 Å². The van der Waals surface area contributed by atoms with E-state index in [0.29, 0.717) is 24.4 Å². The smallest absolute Gasteiger partial charge is 0.255 e. The van der Waals surface area contributed by atoms with E-state index in [-0.39, 0.29) is 11.7 Å². The molecule has 2 aromatic heterocycles. The van der Waals surface area contributed by atoms with E-state index in [9.17, 15) is 4.79 Å². The minimum absolute atomic E-state index is 0.212. The Bertz CT molecular complexity index is 615. The number of nitrogens with one attached hydrogen (secondary N) is 1. The van der Waals surface area contributed by atoms with Crippen molar-refractivity contribution in [1.29, 1.82) is 0 Å². The summed E-state index contributed by atoms with van der Waals surface area (Å²) in [7, 11) is 1.58. The number of ether oxygens (including phenoxy) is 1. The molecule has 106 valence electrons. The second-order valence-corrected chi connectivity index (χ2v) is 6.60. The van der Waals surface area contributed by atoms with Gasteiger partial charge in [-0.3, -0.25) is 4.79 Å². The Morgan fingerprint density at radius 1 is 1.45 bits per heavy atom.